The number of pyridine rings is 1. The van der Waals surface area contributed by atoms with Crippen molar-refractivity contribution in [3.63, 3.8) is 0 Å². The molecular formula is C25H22FN3O5S. The van der Waals surface area contributed by atoms with E-state index in [4.69, 9.17) is 9.47 Å². The molecule has 2 heterocycles. The van der Waals surface area contributed by atoms with Crippen LogP contribution in [0.2, 0.25) is 0 Å². The Labute approximate surface area is 201 Å². The van der Waals surface area contributed by atoms with E-state index in [0.717, 1.165) is 11.8 Å². The maximum atomic E-state index is 14.4. The molecule has 10 heteroatoms. The fourth-order valence-corrected chi connectivity index (χ4v) is 4.06. The monoisotopic (exact) mass is 495 g/mol. The van der Waals surface area contributed by atoms with Crippen molar-refractivity contribution in [2.75, 3.05) is 20.5 Å². The molecule has 0 saturated heterocycles. The van der Waals surface area contributed by atoms with Crippen molar-refractivity contribution in [2.45, 2.75) is 11.7 Å². The van der Waals surface area contributed by atoms with Crippen LogP contribution in [0, 0.1) is 5.82 Å². The standard InChI is InChI=1S/C25H22FN3O5S/c1-33-22-10-8-16(12-23(22)34-2)14-29-15-17(9-11-24(29)30)20-13-21(18-6-4-5-7-19(18)26)28-25(27-20)35(3,31)32/h4-13,15H,14H2,1-3H3. The average Bonchev–Trinajstić information content (AvgIpc) is 2.84. The Balaban J connectivity index is 1.81. The number of halogens is 1. The summed E-state index contributed by atoms with van der Waals surface area (Å²) in [5.74, 6) is 0.541. The Bertz CT molecular complexity index is 1570. The molecule has 0 fully saturated rings. The third-order valence-corrected chi connectivity index (χ3v) is 6.11. The molecule has 0 unspecified atom stereocenters. The first-order chi connectivity index (χ1) is 16.7. The van der Waals surface area contributed by atoms with E-state index in [9.17, 15) is 17.6 Å². The molecule has 0 aliphatic rings. The third-order valence-electron chi connectivity index (χ3n) is 5.27. The first kappa shape index (κ1) is 24.1. The molecule has 0 radical (unpaired) electrons. The summed E-state index contributed by atoms with van der Waals surface area (Å²) in [5, 5.41) is -0.439. The van der Waals surface area contributed by atoms with Gasteiger partial charge in [0.15, 0.2) is 11.5 Å². The number of sulfone groups is 1. The molecule has 0 spiro atoms. The predicted molar refractivity (Wildman–Crippen MR) is 129 cm³/mol. The smallest absolute Gasteiger partial charge is 0.250 e. The van der Waals surface area contributed by atoms with Crippen LogP contribution in [0.3, 0.4) is 0 Å². The van der Waals surface area contributed by atoms with E-state index in [-0.39, 0.29) is 29.1 Å². The first-order valence-electron chi connectivity index (χ1n) is 10.5. The third kappa shape index (κ3) is 5.22. The topological polar surface area (TPSA) is 100 Å². The lowest BCUT2D eigenvalue weighted by Gasteiger charge is -2.12. The summed E-state index contributed by atoms with van der Waals surface area (Å²) in [6.07, 6.45) is 2.55. The van der Waals surface area contributed by atoms with Gasteiger partial charge in [0.05, 0.1) is 32.2 Å². The van der Waals surface area contributed by atoms with E-state index in [1.54, 1.807) is 24.4 Å². The van der Waals surface area contributed by atoms with Crippen LogP contribution < -0.4 is 15.0 Å². The summed E-state index contributed by atoms with van der Waals surface area (Å²) < 4.78 is 51.0. The Kier molecular flexibility index (Phi) is 6.65. The fraction of sp³-hybridized carbons (Fsp3) is 0.160. The molecular weight excluding hydrogens is 473 g/mol. The number of aromatic nitrogens is 3. The van der Waals surface area contributed by atoms with Crippen molar-refractivity contribution in [1.82, 2.24) is 14.5 Å². The number of ether oxygens (including phenoxy) is 2. The number of hydrogen-bond donors (Lipinski definition) is 0. The van der Waals surface area contributed by atoms with Gasteiger partial charge >= 0.3 is 0 Å². The zero-order valence-electron chi connectivity index (χ0n) is 19.2. The Morgan fingerprint density at radius 2 is 1.63 bits per heavy atom. The Morgan fingerprint density at radius 3 is 2.31 bits per heavy atom. The SMILES string of the molecule is COc1ccc(Cn2cc(-c3cc(-c4ccccc4F)nc(S(C)(=O)=O)n3)ccc2=O)cc1OC. The van der Waals surface area contributed by atoms with E-state index in [1.807, 2.05) is 6.07 Å². The lowest BCUT2D eigenvalue weighted by atomic mass is 10.1. The molecule has 0 bridgehead atoms. The van der Waals surface area contributed by atoms with Gasteiger partial charge in [0.1, 0.15) is 5.82 Å². The van der Waals surface area contributed by atoms with E-state index in [1.165, 1.54) is 55.2 Å². The van der Waals surface area contributed by atoms with Crippen LogP contribution >= 0.6 is 0 Å². The highest BCUT2D eigenvalue weighted by Crippen LogP contribution is 2.29. The zero-order valence-corrected chi connectivity index (χ0v) is 20.0. The minimum atomic E-state index is -3.80. The van der Waals surface area contributed by atoms with Crippen molar-refractivity contribution in [3.05, 3.63) is 88.6 Å². The number of benzene rings is 2. The van der Waals surface area contributed by atoms with Gasteiger partial charge in [-0.2, -0.15) is 0 Å². The van der Waals surface area contributed by atoms with Crippen LogP contribution in [-0.2, 0) is 16.4 Å². The number of nitrogens with zero attached hydrogens (tertiary/aromatic N) is 3. The van der Waals surface area contributed by atoms with Gasteiger partial charge in [-0.05, 0) is 42.0 Å². The van der Waals surface area contributed by atoms with Crippen molar-refractivity contribution < 1.29 is 22.3 Å². The van der Waals surface area contributed by atoms with Crippen molar-refractivity contribution in [1.29, 1.82) is 0 Å². The summed E-state index contributed by atoms with van der Waals surface area (Å²) in [6.45, 7) is 0.219. The van der Waals surface area contributed by atoms with Crippen molar-refractivity contribution >= 4 is 9.84 Å². The number of methoxy groups -OCH3 is 2. The normalized spacial score (nSPS) is 11.3. The molecule has 0 aliphatic heterocycles. The minimum absolute atomic E-state index is 0.117. The van der Waals surface area contributed by atoms with Crippen LogP contribution in [0.5, 0.6) is 11.5 Å². The second-order valence-corrected chi connectivity index (χ2v) is 9.66. The molecule has 8 nitrogen and oxygen atoms in total. The molecule has 2 aromatic carbocycles. The van der Waals surface area contributed by atoms with Crippen LogP contribution in [0.4, 0.5) is 4.39 Å². The molecule has 2 aromatic heterocycles. The summed E-state index contributed by atoms with van der Waals surface area (Å²) in [6, 6.07) is 15.6. The quantitative estimate of drug-likeness (QED) is 0.361. The second-order valence-electron chi connectivity index (χ2n) is 7.75. The molecule has 4 rings (SSSR count). The summed E-state index contributed by atoms with van der Waals surface area (Å²) in [5.41, 5.74) is 1.48. The lowest BCUT2D eigenvalue weighted by Crippen LogP contribution is -2.19. The van der Waals surface area contributed by atoms with Crippen molar-refractivity contribution in [3.8, 4) is 34.0 Å². The number of hydrogen-bond acceptors (Lipinski definition) is 7. The minimum Gasteiger partial charge on any atom is -0.493 e. The summed E-state index contributed by atoms with van der Waals surface area (Å²) in [4.78, 5) is 20.8. The summed E-state index contributed by atoms with van der Waals surface area (Å²) in [7, 11) is -0.738. The van der Waals surface area contributed by atoms with Gasteiger partial charge in [0.25, 0.3) is 5.56 Å². The van der Waals surface area contributed by atoms with Gasteiger partial charge < -0.3 is 14.0 Å². The van der Waals surface area contributed by atoms with Crippen LogP contribution in [0.15, 0.2) is 76.8 Å². The fourth-order valence-electron chi connectivity index (χ4n) is 3.53. The molecule has 35 heavy (non-hydrogen) atoms. The molecule has 4 aromatic rings. The molecule has 0 saturated carbocycles. The van der Waals surface area contributed by atoms with Crippen LogP contribution in [0.25, 0.3) is 22.5 Å². The van der Waals surface area contributed by atoms with Crippen LogP contribution in [-0.4, -0.2) is 43.4 Å². The maximum Gasteiger partial charge on any atom is 0.250 e. The van der Waals surface area contributed by atoms with Gasteiger partial charge in [-0.1, -0.05) is 18.2 Å². The van der Waals surface area contributed by atoms with Gasteiger partial charge in [-0.3, -0.25) is 4.79 Å². The zero-order chi connectivity index (χ0) is 25.2. The van der Waals surface area contributed by atoms with E-state index >= 15 is 0 Å². The van der Waals surface area contributed by atoms with Crippen molar-refractivity contribution in [2.24, 2.45) is 0 Å². The lowest BCUT2D eigenvalue weighted by molar-refractivity contribution is 0.354. The Hall–Kier alpha value is -4.05. The van der Waals surface area contributed by atoms with E-state index in [0.29, 0.717) is 17.1 Å². The van der Waals surface area contributed by atoms with Gasteiger partial charge in [-0.25, -0.2) is 22.8 Å². The average molecular weight is 496 g/mol. The highest BCUT2D eigenvalue weighted by Gasteiger charge is 2.18. The number of rotatable bonds is 7. The second kappa shape index (κ2) is 9.67. The van der Waals surface area contributed by atoms with Crippen LogP contribution in [0.1, 0.15) is 5.56 Å². The molecule has 0 amide bonds. The molecule has 0 aliphatic carbocycles. The predicted octanol–water partition coefficient (Wildman–Crippen LogP) is 3.58. The van der Waals surface area contributed by atoms with Gasteiger partial charge in [0.2, 0.25) is 15.0 Å². The molecule has 0 atom stereocenters. The van der Waals surface area contributed by atoms with Gasteiger partial charge in [-0.15, -0.1) is 0 Å². The van der Waals surface area contributed by atoms with E-state index < -0.39 is 20.8 Å². The van der Waals surface area contributed by atoms with Gasteiger partial charge in [0, 0.05) is 29.6 Å². The highest BCUT2D eigenvalue weighted by molar-refractivity contribution is 7.90. The highest BCUT2D eigenvalue weighted by atomic mass is 32.2. The largest absolute Gasteiger partial charge is 0.493 e. The maximum absolute atomic E-state index is 14.4. The Morgan fingerprint density at radius 1 is 0.914 bits per heavy atom. The molecule has 180 valence electrons. The molecule has 0 N–H and O–H groups in total. The summed E-state index contributed by atoms with van der Waals surface area (Å²) >= 11 is 0. The van der Waals surface area contributed by atoms with E-state index in [2.05, 4.69) is 9.97 Å². The first-order valence-corrected chi connectivity index (χ1v) is 12.3.